The number of hydrogen-bond acceptors (Lipinski definition) is 1. The van der Waals surface area contributed by atoms with E-state index in [9.17, 15) is 0 Å². The van der Waals surface area contributed by atoms with E-state index in [1.807, 2.05) is 0 Å². The topological polar surface area (TPSA) is 6.25 Å². The lowest BCUT2D eigenvalue weighted by molar-refractivity contribution is -0.405. The molecule has 0 fully saturated rings. The molecular weight excluding hydrogens is 268 g/mol. The molecule has 0 saturated heterocycles. The third-order valence-corrected chi connectivity index (χ3v) is 4.57. The molecule has 0 atom stereocenters. The lowest BCUT2D eigenvalue weighted by atomic mass is 10.0. The van der Waals surface area contributed by atoms with Crippen LogP contribution < -0.4 is 4.90 Å². The molecule has 0 amide bonds. The van der Waals surface area contributed by atoms with E-state index in [1.165, 1.54) is 33.5 Å². The lowest BCUT2D eigenvalue weighted by Crippen LogP contribution is -2.36. The van der Waals surface area contributed by atoms with E-state index in [-0.39, 0.29) is 0 Å². The van der Waals surface area contributed by atoms with E-state index in [0.717, 1.165) is 6.54 Å². The van der Waals surface area contributed by atoms with Crippen LogP contribution in [0.5, 0.6) is 0 Å². The minimum Gasteiger partial charge on any atom is -0.233 e. The number of anilines is 1. The van der Waals surface area contributed by atoms with E-state index in [0.29, 0.717) is 0 Å². The van der Waals surface area contributed by atoms with Gasteiger partial charge in [0.05, 0.1) is 12.4 Å². The van der Waals surface area contributed by atoms with E-state index in [4.69, 9.17) is 0 Å². The first kappa shape index (κ1) is 13.1. The van der Waals surface area contributed by atoms with Crippen LogP contribution in [-0.2, 0) is 6.54 Å². The molecule has 2 nitrogen and oxygen atoms in total. The van der Waals surface area contributed by atoms with Crippen LogP contribution >= 0.6 is 0 Å². The maximum absolute atomic E-state index is 2.41. The zero-order valence-electron chi connectivity index (χ0n) is 13.0. The molecule has 1 aliphatic rings. The molecule has 22 heavy (non-hydrogen) atoms. The molecule has 2 heteroatoms. The van der Waals surface area contributed by atoms with Crippen LogP contribution in [0.2, 0.25) is 0 Å². The van der Waals surface area contributed by atoms with Gasteiger partial charge in [-0.25, -0.2) is 9.48 Å². The van der Waals surface area contributed by atoms with Crippen LogP contribution in [0.25, 0.3) is 10.8 Å². The van der Waals surface area contributed by atoms with Crippen LogP contribution in [0, 0.1) is 0 Å². The third kappa shape index (κ3) is 1.92. The SMILES string of the molecule is CC1=[N+](C)c2cccc3cccc(c23)N1Cc1ccccc1. The fourth-order valence-electron chi connectivity index (χ4n) is 3.30. The monoisotopic (exact) mass is 287 g/mol. The molecule has 3 aromatic rings. The van der Waals surface area contributed by atoms with Gasteiger partial charge >= 0.3 is 0 Å². The first-order chi connectivity index (χ1) is 10.8. The standard InChI is InChI=1S/C20H19N2/c1-15-21(2)18-12-6-10-17-11-7-13-19(20(17)18)22(15)14-16-8-4-3-5-9-16/h3-13H,14H2,1-2H3/q+1. The van der Waals surface area contributed by atoms with Crippen molar-refractivity contribution in [1.82, 2.24) is 0 Å². The third-order valence-electron chi connectivity index (χ3n) is 4.57. The van der Waals surface area contributed by atoms with Gasteiger partial charge in [0.15, 0.2) is 0 Å². The molecule has 0 spiro atoms. The van der Waals surface area contributed by atoms with Crippen LogP contribution in [-0.4, -0.2) is 17.5 Å². The number of nitrogens with zero attached hydrogens (tertiary/aromatic N) is 2. The van der Waals surface area contributed by atoms with Crippen molar-refractivity contribution in [2.45, 2.75) is 13.5 Å². The van der Waals surface area contributed by atoms with Gasteiger partial charge in [0.2, 0.25) is 0 Å². The second-order valence-electron chi connectivity index (χ2n) is 5.83. The van der Waals surface area contributed by atoms with Crippen molar-refractivity contribution in [3.63, 3.8) is 0 Å². The summed E-state index contributed by atoms with van der Waals surface area (Å²) in [4.78, 5) is 2.41. The number of hydrogen-bond donors (Lipinski definition) is 0. The molecular formula is C20H19N2+. The largest absolute Gasteiger partial charge is 0.254 e. The van der Waals surface area contributed by atoms with Gasteiger partial charge in [-0.05, 0) is 23.1 Å². The van der Waals surface area contributed by atoms with Gasteiger partial charge in [-0.2, -0.15) is 0 Å². The molecule has 4 rings (SSSR count). The average Bonchev–Trinajstić information content (AvgIpc) is 2.57. The molecule has 108 valence electrons. The first-order valence-corrected chi connectivity index (χ1v) is 7.66. The van der Waals surface area contributed by atoms with Gasteiger partial charge in [-0.15, -0.1) is 0 Å². The quantitative estimate of drug-likeness (QED) is 0.627. The summed E-state index contributed by atoms with van der Waals surface area (Å²) in [7, 11) is 2.15. The minimum absolute atomic E-state index is 0.893. The van der Waals surface area contributed by atoms with Crippen molar-refractivity contribution in [3.05, 3.63) is 72.3 Å². The summed E-state index contributed by atoms with van der Waals surface area (Å²) in [5, 5.41) is 2.64. The Hall–Kier alpha value is -2.61. The van der Waals surface area contributed by atoms with Crippen molar-refractivity contribution < 1.29 is 4.58 Å². The number of benzene rings is 3. The van der Waals surface area contributed by atoms with Gasteiger partial charge in [0.25, 0.3) is 5.84 Å². The molecule has 0 radical (unpaired) electrons. The molecule has 1 heterocycles. The van der Waals surface area contributed by atoms with Crippen molar-refractivity contribution in [3.8, 4) is 0 Å². The highest BCUT2D eigenvalue weighted by Crippen LogP contribution is 2.38. The molecule has 0 aromatic heterocycles. The lowest BCUT2D eigenvalue weighted by Gasteiger charge is -2.26. The zero-order chi connectivity index (χ0) is 15.1. The Morgan fingerprint density at radius 1 is 0.864 bits per heavy atom. The summed E-state index contributed by atoms with van der Waals surface area (Å²) in [6, 6.07) is 23.8. The number of amidine groups is 1. The van der Waals surface area contributed by atoms with Crippen molar-refractivity contribution in [2.24, 2.45) is 0 Å². The Morgan fingerprint density at radius 3 is 2.36 bits per heavy atom. The zero-order valence-corrected chi connectivity index (χ0v) is 13.0. The fraction of sp³-hybridized carbons (Fsp3) is 0.150. The predicted molar refractivity (Wildman–Crippen MR) is 93.1 cm³/mol. The van der Waals surface area contributed by atoms with Gasteiger partial charge < -0.3 is 0 Å². The van der Waals surface area contributed by atoms with E-state index in [2.05, 4.69) is 90.2 Å². The van der Waals surface area contributed by atoms with Crippen LogP contribution in [0.1, 0.15) is 12.5 Å². The molecule has 0 unspecified atom stereocenters. The Bertz CT molecular complexity index is 873. The first-order valence-electron chi connectivity index (χ1n) is 7.66. The Labute approximate surface area is 130 Å². The molecule has 0 aliphatic carbocycles. The summed E-state index contributed by atoms with van der Waals surface area (Å²) in [6.07, 6.45) is 0. The predicted octanol–water partition coefficient (Wildman–Crippen LogP) is 4.55. The highest BCUT2D eigenvalue weighted by Gasteiger charge is 2.29. The van der Waals surface area contributed by atoms with Crippen LogP contribution in [0.15, 0.2) is 66.7 Å². The molecule has 1 aliphatic heterocycles. The Morgan fingerprint density at radius 2 is 1.59 bits per heavy atom. The highest BCUT2D eigenvalue weighted by atomic mass is 15.2. The normalized spacial score (nSPS) is 13.8. The maximum Gasteiger partial charge on any atom is 0.254 e. The maximum atomic E-state index is 2.41. The van der Waals surface area contributed by atoms with Crippen LogP contribution in [0.4, 0.5) is 11.4 Å². The Kier molecular flexibility index (Phi) is 2.97. The average molecular weight is 287 g/mol. The van der Waals surface area contributed by atoms with Crippen molar-refractivity contribution in [1.29, 1.82) is 0 Å². The molecule has 0 N–H and O–H groups in total. The fourth-order valence-corrected chi connectivity index (χ4v) is 3.30. The summed E-state index contributed by atoms with van der Waals surface area (Å²) >= 11 is 0. The van der Waals surface area contributed by atoms with Gasteiger partial charge in [0, 0.05) is 6.92 Å². The Balaban J connectivity index is 1.92. The summed E-state index contributed by atoms with van der Waals surface area (Å²) < 4.78 is 2.29. The second-order valence-corrected chi connectivity index (χ2v) is 5.83. The van der Waals surface area contributed by atoms with E-state index < -0.39 is 0 Å². The molecule has 3 aromatic carbocycles. The molecule has 0 saturated carbocycles. The minimum atomic E-state index is 0.893. The summed E-state index contributed by atoms with van der Waals surface area (Å²) in [6.45, 7) is 3.09. The van der Waals surface area contributed by atoms with Crippen molar-refractivity contribution >= 4 is 28.0 Å². The van der Waals surface area contributed by atoms with Crippen molar-refractivity contribution in [2.75, 3.05) is 11.9 Å². The second kappa shape index (κ2) is 4.99. The number of rotatable bonds is 2. The highest BCUT2D eigenvalue weighted by molar-refractivity contribution is 6.10. The van der Waals surface area contributed by atoms with E-state index >= 15 is 0 Å². The summed E-state index contributed by atoms with van der Waals surface area (Å²) in [5.41, 5.74) is 3.91. The van der Waals surface area contributed by atoms with Gasteiger partial charge in [0.1, 0.15) is 17.9 Å². The van der Waals surface area contributed by atoms with Crippen LogP contribution in [0.3, 0.4) is 0 Å². The smallest absolute Gasteiger partial charge is 0.233 e. The summed E-state index contributed by atoms with van der Waals surface area (Å²) in [5.74, 6) is 1.26. The van der Waals surface area contributed by atoms with Gasteiger partial charge in [-0.1, -0.05) is 54.6 Å². The van der Waals surface area contributed by atoms with Gasteiger partial charge in [-0.3, -0.25) is 0 Å². The molecule has 0 bridgehead atoms. The van der Waals surface area contributed by atoms with E-state index in [1.54, 1.807) is 0 Å².